The highest BCUT2D eigenvalue weighted by molar-refractivity contribution is 7.11. The number of aliphatic hydroxyl groups is 1. The topological polar surface area (TPSA) is 60.7 Å². The van der Waals surface area contributed by atoms with Crippen molar-refractivity contribution >= 4 is 23.9 Å². The third-order valence-electron chi connectivity index (χ3n) is 1.13. The van der Waals surface area contributed by atoms with Gasteiger partial charge in [0.15, 0.2) is 0 Å². The molecule has 0 unspecified atom stereocenters. The molecule has 0 saturated heterocycles. The normalized spacial score (nSPS) is 9.90. The zero-order valence-corrected chi connectivity index (χ0v) is 6.01. The molecule has 0 aliphatic carbocycles. The van der Waals surface area contributed by atoms with Crippen LogP contribution in [0.25, 0.3) is 0 Å². The lowest BCUT2D eigenvalue weighted by molar-refractivity contribution is 0.285. The van der Waals surface area contributed by atoms with Crippen molar-refractivity contribution in [3.05, 3.63) is 16.3 Å². The van der Waals surface area contributed by atoms with Crippen LogP contribution in [-0.2, 0) is 6.61 Å². The summed E-state index contributed by atoms with van der Waals surface area (Å²) in [4.78, 5) is 0.739. The fourth-order valence-corrected chi connectivity index (χ4v) is 1.37. The molecule has 0 aliphatic heterocycles. The predicted molar refractivity (Wildman–Crippen MR) is 40.1 cm³/mol. The first kappa shape index (κ1) is 7.75. The molecule has 0 saturated carbocycles. The van der Waals surface area contributed by atoms with Crippen LogP contribution >= 0.6 is 11.3 Å². The third-order valence-corrected chi connectivity index (χ3v) is 2.07. The van der Waals surface area contributed by atoms with Crippen LogP contribution in [0.1, 0.15) is 4.88 Å². The summed E-state index contributed by atoms with van der Waals surface area (Å²) in [7, 11) is -1.42. The van der Waals surface area contributed by atoms with Crippen LogP contribution in [0, 0.1) is 0 Å². The van der Waals surface area contributed by atoms with Gasteiger partial charge in [0.25, 0.3) is 0 Å². The second-order valence-corrected chi connectivity index (χ2v) is 2.87. The molecule has 10 heavy (non-hydrogen) atoms. The zero-order valence-electron chi connectivity index (χ0n) is 5.19. The Morgan fingerprint density at radius 1 is 1.50 bits per heavy atom. The lowest BCUT2D eigenvalue weighted by atomic mass is 9.83. The average molecular weight is 158 g/mol. The Morgan fingerprint density at radius 2 is 2.20 bits per heavy atom. The number of hydrogen-bond donors (Lipinski definition) is 3. The van der Waals surface area contributed by atoms with Crippen molar-refractivity contribution in [2.24, 2.45) is 0 Å². The van der Waals surface area contributed by atoms with Crippen LogP contribution in [0.3, 0.4) is 0 Å². The van der Waals surface area contributed by atoms with E-state index in [1.54, 1.807) is 11.4 Å². The summed E-state index contributed by atoms with van der Waals surface area (Å²) in [5.41, 5.74) is 0.439. The standard InChI is InChI=1S/C5H7BO3S/c7-2-5-1-4(3-10-5)6(8)9/h1,3,7-9H,2H2. The van der Waals surface area contributed by atoms with Crippen LogP contribution in [0.4, 0.5) is 0 Å². The molecule has 3 N–H and O–H groups in total. The van der Waals surface area contributed by atoms with Crippen molar-refractivity contribution < 1.29 is 15.2 Å². The van der Waals surface area contributed by atoms with E-state index in [0.717, 1.165) is 4.88 Å². The van der Waals surface area contributed by atoms with Crippen molar-refractivity contribution in [3.63, 3.8) is 0 Å². The molecule has 0 atom stereocenters. The van der Waals surface area contributed by atoms with Crippen LogP contribution in [0.15, 0.2) is 11.4 Å². The highest BCUT2D eigenvalue weighted by Crippen LogP contribution is 2.05. The van der Waals surface area contributed by atoms with E-state index in [1.165, 1.54) is 11.3 Å². The Bertz CT molecular complexity index is 210. The highest BCUT2D eigenvalue weighted by Gasteiger charge is 2.11. The first-order valence-electron chi connectivity index (χ1n) is 2.78. The number of rotatable bonds is 2. The van der Waals surface area contributed by atoms with Gasteiger partial charge in [-0.1, -0.05) is 0 Å². The van der Waals surface area contributed by atoms with Gasteiger partial charge in [-0.3, -0.25) is 0 Å². The van der Waals surface area contributed by atoms with Gasteiger partial charge in [-0.15, -0.1) is 11.3 Å². The second-order valence-electron chi connectivity index (χ2n) is 1.88. The molecular formula is C5H7BO3S. The fourth-order valence-electron chi connectivity index (χ4n) is 0.616. The van der Waals surface area contributed by atoms with Crippen molar-refractivity contribution in [1.29, 1.82) is 0 Å². The van der Waals surface area contributed by atoms with E-state index in [1.807, 2.05) is 0 Å². The summed E-state index contributed by atoms with van der Waals surface area (Å²) in [5.74, 6) is 0. The van der Waals surface area contributed by atoms with E-state index in [9.17, 15) is 0 Å². The van der Waals surface area contributed by atoms with E-state index in [4.69, 9.17) is 15.2 Å². The largest absolute Gasteiger partial charge is 0.489 e. The summed E-state index contributed by atoms with van der Waals surface area (Å²) >= 11 is 1.31. The molecule has 5 heteroatoms. The monoisotopic (exact) mass is 158 g/mol. The Balaban J connectivity index is 2.78. The maximum Gasteiger partial charge on any atom is 0.489 e. The molecule has 3 nitrogen and oxygen atoms in total. The Kier molecular flexibility index (Phi) is 2.45. The van der Waals surface area contributed by atoms with Crippen LogP contribution in [-0.4, -0.2) is 22.3 Å². The Hall–Kier alpha value is -0.355. The highest BCUT2D eigenvalue weighted by atomic mass is 32.1. The van der Waals surface area contributed by atoms with Gasteiger partial charge in [0.1, 0.15) is 0 Å². The molecule has 1 aromatic heterocycles. The first-order valence-corrected chi connectivity index (χ1v) is 3.66. The summed E-state index contributed by atoms with van der Waals surface area (Å²) in [6, 6.07) is 1.56. The van der Waals surface area contributed by atoms with Crippen LogP contribution in [0.2, 0.25) is 0 Å². The minimum absolute atomic E-state index is 0.0443. The molecule has 0 fully saturated rings. The predicted octanol–water partition coefficient (Wildman–Crippen LogP) is -1.08. The zero-order chi connectivity index (χ0) is 7.56. The van der Waals surface area contributed by atoms with Gasteiger partial charge >= 0.3 is 7.12 Å². The smallest absolute Gasteiger partial charge is 0.423 e. The van der Waals surface area contributed by atoms with Crippen LogP contribution in [0.5, 0.6) is 0 Å². The van der Waals surface area contributed by atoms with Crippen LogP contribution < -0.4 is 5.46 Å². The van der Waals surface area contributed by atoms with Crippen molar-refractivity contribution in [1.82, 2.24) is 0 Å². The maximum atomic E-state index is 8.61. The Morgan fingerprint density at radius 3 is 2.50 bits per heavy atom. The number of aliphatic hydroxyl groups excluding tert-OH is 1. The molecule has 0 amide bonds. The lowest BCUT2D eigenvalue weighted by Gasteiger charge is -1.88. The van der Waals surface area contributed by atoms with Crippen molar-refractivity contribution in [3.8, 4) is 0 Å². The summed E-state index contributed by atoms with van der Waals surface area (Å²) in [6.07, 6.45) is 0. The molecule has 0 bridgehead atoms. The average Bonchev–Trinajstić information content (AvgIpc) is 2.34. The quantitative estimate of drug-likeness (QED) is 0.479. The van der Waals surface area contributed by atoms with Gasteiger partial charge in [-0.05, 0) is 16.9 Å². The molecule has 1 rings (SSSR count). The molecular weight excluding hydrogens is 151 g/mol. The SMILES string of the molecule is OCc1cc(B(O)O)cs1. The molecule has 0 aromatic carbocycles. The van der Waals surface area contributed by atoms with Gasteiger partial charge in [0.05, 0.1) is 6.61 Å². The first-order chi connectivity index (χ1) is 4.74. The maximum absolute atomic E-state index is 8.61. The third kappa shape index (κ3) is 1.57. The minimum atomic E-state index is -1.42. The molecule has 0 aliphatic rings. The van der Waals surface area contributed by atoms with E-state index >= 15 is 0 Å². The summed E-state index contributed by atoms with van der Waals surface area (Å²) in [6.45, 7) is -0.0443. The molecule has 0 spiro atoms. The van der Waals surface area contributed by atoms with Gasteiger partial charge in [0, 0.05) is 4.88 Å². The second kappa shape index (κ2) is 3.16. The summed E-state index contributed by atoms with van der Waals surface area (Å²) < 4.78 is 0. The van der Waals surface area contributed by atoms with E-state index in [2.05, 4.69) is 0 Å². The fraction of sp³-hybridized carbons (Fsp3) is 0.200. The molecule has 54 valence electrons. The molecule has 0 radical (unpaired) electrons. The Labute approximate surface area is 62.7 Å². The van der Waals surface area contributed by atoms with Crippen molar-refractivity contribution in [2.45, 2.75) is 6.61 Å². The van der Waals surface area contributed by atoms with E-state index in [0.29, 0.717) is 5.46 Å². The van der Waals surface area contributed by atoms with E-state index < -0.39 is 7.12 Å². The van der Waals surface area contributed by atoms with E-state index in [-0.39, 0.29) is 6.61 Å². The summed E-state index contributed by atoms with van der Waals surface area (Å²) in [5, 5.41) is 27.4. The van der Waals surface area contributed by atoms with Gasteiger partial charge in [-0.25, -0.2) is 0 Å². The number of thiophene rings is 1. The van der Waals surface area contributed by atoms with Gasteiger partial charge < -0.3 is 15.2 Å². The van der Waals surface area contributed by atoms with Gasteiger partial charge in [0.2, 0.25) is 0 Å². The van der Waals surface area contributed by atoms with Crippen molar-refractivity contribution in [2.75, 3.05) is 0 Å². The molecule has 1 heterocycles. The lowest BCUT2D eigenvalue weighted by Crippen LogP contribution is -2.27. The number of hydrogen-bond acceptors (Lipinski definition) is 4. The molecule has 1 aromatic rings. The minimum Gasteiger partial charge on any atom is -0.423 e. The van der Waals surface area contributed by atoms with Gasteiger partial charge in [-0.2, -0.15) is 0 Å².